The van der Waals surface area contributed by atoms with E-state index in [4.69, 9.17) is 15.2 Å². The monoisotopic (exact) mass is 492 g/mol. The molecule has 0 spiro atoms. The largest absolute Gasteiger partial charge is 0.486 e. The average Bonchev–Trinajstić information content (AvgIpc) is 3.29. The molecule has 1 saturated heterocycles. The molecule has 0 saturated carbocycles. The Morgan fingerprint density at radius 2 is 1.97 bits per heavy atom. The Kier molecular flexibility index (Phi) is 6.32. The quantitative estimate of drug-likeness (QED) is 0.466. The minimum atomic E-state index is -0.684. The number of piperidine rings is 1. The zero-order valence-electron chi connectivity index (χ0n) is 20.1. The molecule has 4 N–H and O–H groups in total. The second-order valence-corrected chi connectivity index (χ2v) is 8.83. The van der Waals surface area contributed by atoms with E-state index in [9.17, 15) is 9.59 Å². The van der Waals surface area contributed by atoms with Crippen molar-refractivity contribution < 1.29 is 19.1 Å². The number of nitrogens with two attached hydrogens (primary N) is 1. The average molecular weight is 493 g/mol. The summed E-state index contributed by atoms with van der Waals surface area (Å²) in [6.45, 7) is 3.72. The smallest absolute Gasteiger partial charge is 0.271 e. The molecule has 36 heavy (non-hydrogen) atoms. The minimum Gasteiger partial charge on any atom is -0.486 e. The fraction of sp³-hybridized carbons (Fsp3) is 0.375. The van der Waals surface area contributed by atoms with Crippen molar-refractivity contribution in [1.29, 1.82) is 0 Å². The molecule has 2 aliphatic rings. The van der Waals surface area contributed by atoms with Crippen LogP contribution in [0.2, 0.25) is 0 Å². The van der Waals surface area contributed by atoms with E-state index in [1.807, 2.05) is 6.92 Å². The lowest BCUT2D eigenvalue weighted by Gasteiger charge is -2.40. The van der Waals surface area contributed by atoms with Gasteiger partial charge in [-0.05, 0) is 38.0 Å². The summed E-state index contributed by atoms with van der Waals surface area (Å²) >= 11 is 0. The highest BCUT2D eigenvalue weighted by molar-refractivity contribution is 5.96. The van der Waals surface area contributed by atoms with E-state index in [0.29, 0.717) is 41.8 Å². The number of aromatic nitrogens is 4. The molecule has 0 radical (unpaired) electrons. The second-order valence-electron chi connectivity index (χ2n) is 8.83. The lowest BCUT2D eigenvalue weighted by Crippen LogP contribution is -2.54. The highest BCUT2D eigenvalue weighted by Crippen LogP contribution is 2.31. The normalized spacial score (nSPS) is 19.0. The highest BCUT2D eigenvalue weighted by Gasteiger charge is 2.31. The lowest BCUT2D eigenvalue weighted by atomic mass is 9.97. The first-order chi connectivity index (χ1) is 17.4. The molecule has 188 valence electrons. The van der Waals surface area contributed by atoms with Gasteiger partial charge in [0.05, 0.1) is 18.1 Å². The molecule has 5 rings (SSSR count). The van der Waals surface area contributed by atoms with Crippen LogP contribution in [0.3, 0.4) is 0 Å². The molecule has 12 heteroatoms. The first-order valence-corrected chi connectivity index (χ1v) is 11.8. The Hall–Kier alpha value is -4.35. The van der Waals surface area contributed by atoms with Gasteiger partial charge < -0.3 is 30.7 Å². The van der Waals surface area contributed by atoms with Crippen molar-refractivity contribution >= 4 is 29.1 Å². The predicted octanol–water partition coefficient (Wildman–Crippen LogP) is 1.61. The first-order valence-electron chi connectivity index (χ1n) is 11.8. The summed E-state index contributed by atoms with van der Waals surface area (Å²) in [6, 6.07) is 5.01. The molecule has 2 amide bonds. The van der Waals surface area contributed by atoms with Crippen LogP contribution in [-0.4, -0.2) is 63.4 Å². The summed E-state index contributed by atoms with van der Waals surface area (Å²) in [5.41, 5.74) is 6.73. The van der Waals surface area contributed by atoms with E-state index in [0.717, 1.165) is 19.4 Å². The van der Waals surface area contributed by atoms with E-state index in [1.165, 1.54) is 6.20 Å². The lowest BCUT2D eigenvalue weighted by molar-refractivity contribution is 0.0922. The van der Waals surface area contributed by atoms with Crippen molar-refractivity contribution in [3.05, 3.63) is 48.0 Å². The van der Waals surface area contributed by atoms with Crippen molar-refractivity contribution in [1.82, 2.24) is 25.1 Å². The Morgan fingerprint density at radius 3 is 2.72 bits per heavy atom. The third kappa shape index (κ3) is 4.74. The van der Waals surface area contributed by atoms with Gasteiger partial charge in [-0.25, -0.2) is 9.97 Å². The summed E-state index contributed by atoms with van der Waals surface area (Å²) in [6.07, 6.45) is 6.58. The van der Waals surface area contributed by atoms with Gasteiger partial charge in [0.1, 0.15) is 19.0 Å². The molecule has 4 heterocycles. The van der Waals surface area contributed by atoms with Gasteiger partial charge in [-0.3, -0.25) is 14.3 Å². The second kappa shape index (κ2) is 9.72. The molecule has 0 aliphatic carbocycles. The Bertz CT molecular complexity index is 1290. The third-order valence-corrected chi connectivity index (χ3v) is 6.36. The maximum absolute atomic E-state index is 13.0. The van der Waals surface area contributed by atoms with Gasteiger partial charge in [0.15, 0.2) is 23.0 Å². The van der Waals surface area contributed by atoms with Crippen LogP contribution >= 0.6 is 0 Å². The molecule has 2 aliphatic heterocycles. The van der Waals surface area contributed by atoms with E-state index < -0.39 is 5.91 Å². The molecule has 3 aromatic rings. The van der Waals surface area contributed by atoms with E-state index >= 15 is 0 Å². The topological polar surface area (TPSA) is 150 Å². The number of rotatable bonds is 6. The molecule has 1 fully saturated rings. The summed E-state index contributed by atoms with van der Waals surface area (Å²) in [5.74, 6) is 1.19. The van der Waals surface area contributed by atoms with Crippen molar-refractivity contribution in [3.8, 4) is 11.5 Å². The van der Waals surface area contributed by atoms with Crippen molar-refractivity contribution in [2.75, 3.05) is 30.0 Å². The molecule has 12 nitrogen and oxygen atoms in total. The van der Waals surface area contributed by atoms with Gasteiger partial charge in [-0.1, -0.05) is 0 Å². The third-order valence-electron chi connectivity index (χ3n) is 6.36. The zero-order valence-corrected chi connectivity index (χ0v) is 20.1. The Morgan fingerprint density at radius 1 is 1.17 bits per heavy atom. The standard InChI is InChI=1S/C24H28N8O4/c1-14-17(29-24(34)15-5-6-18-19(10-15)36-9-8-35-18)4-3-7-32(14)20-12-26-21(22(25)33)23(30-20)28-16-11-27-31(2)13-16/h5-6,10-14,17H,3-4,7-9H2,1-2H3,(H2,25,33)(H,28,30)(H,29,34)/t14-,17-/m1/s1. The number of nitrogens with zero attached hydrogens (tertiary/aromatic N) is 5. The van der Waals surface area contributed by atoms with Crippen LogP contribution in [0.1, 0.15) is 40.6 Å². The van der Waals surface area contributed by atoms with Gasteiger partial charge in [0, 0.05) is 37.4 Å². The Labute approximate surface area is 207 Å². The number of hydrogen-bond donors (Lipinski definition) is 3. The molecule has 1 aromatic carbocycles. The van der Waals surface area contributed by atoms with Crippen molar-refractivity contribution in [2.45, 2.75) is 31.8 Å². The van der Waals surface area contributed by atoms with Gasteiger partial charge in [-0.2, -0.15) is 5.10 Å². The highest BCUT2D eigenvalue weighted by atomic mass is 16.6. The molecular formula is C24H28N8O4. The molecule has 2 atom stereocenters. The maximum atomic E-state index is 13.0. The van der Waals surface area contributed by atoms with Crippen LogP contribution in [0, 0.1) is 0 Å². The molecule has 0 bridgehead atoms. The number of anilines is 3. The molecular weight excluding hydrogens is 464 g/mol. The van der Waals surface area contributed by atoms with Crippen molar-refractivity contribution in [2.24, 2.45) is 12.8 Å². The van der Waals surface area contributed by atoms with Crippen LogP contribution in [0.5, 0.6) is 11.5 Å². The molecule has 0 unspecified atom stereocenters. The number of primary amides is 1. The number of fused-ring (bicyclic) bond motifs is 1. The van der Waals surface area contributed by atoms with E-state index in [-0.39, 0.29) is 29.5 Å². The number of aryl methyl sites for hydroxylation is 1. The van der Waals surface area contributed by atoms with Gasteiger partial charge in [-0.15, -0.1) is 0 Å². The number of carbonyl (C=O) groups is 2. The van der Waals surface area contributed by atoms with Crippen molar-refractivity contribution in [3.63, 3.8) is 0 Å². The maximum Gasteiger partial charge on any atom is 0.271 e. The van der Waals surface area contributed by atoms with Crippen LogP contribution in [0.4, 0.5) is 17.3 Å². The van der Waals surface area contributed by atoms with Gasteiger partial charge in [0.2, 0.25) is 0 Å². The number of ether oxygens (including phenoxy) is 2. The van der Waals surface area contributed by atoms with Gasteiger partial charge in [0.25, 0.3) is 11.8 Å². The summed E-state index contributed by atoms with van der Waals surface area (Å²) in [7, 11) is 1.79. The summed E-state index contributed by atoms with van der Waals surface area (Å²) < 4.78 is 12.8. The summed E-state index contributed by atoms with van der Waals surface area (Å²) in [4.78, 5) is 36.0. The van der Waals surface area contributed by atoms with Crippen LogP contribution < -0.4 is 30.7 Å². The zero-order chi connectivity index (χ0) is 25.2. The fourth-order valence-corrected chi connectivity index (χ4v) is 4.50. The van der Waals surface area contributed by atoms with Crippen LogP contribution in [0.25, 0.3) is 0 Å². The van der Waals surface area contributed by atoms with Gasteiger partial charge >= 0.3 is 0 Å². The molecule has 2 aromatic heterocycles. The number of carbonyl (C=O) groups excluding carboxylic acids is 2. The first kappa shape index (κ1) is 23.4. The number of amides is 2. The predicted molar refractivity (Wildman–Crippen MR) is 132 cm³/mol. The number of hydrogen-bond acceptors (Lipinski definition) is 9. The Balaban J connectivity index is 1.34. The fourth-order valence-electron chi connectivity index (χ4n) is 4.50. The summed E-state index contributed by atoms with van der Waals surface area (Å²) in [5, 5.41) is 10.4. The van der Waals surface area contributed by atoms with E-state index in [1.54, 1.807) is 42.3 Å². The van der Waals surface area contributed by atoms with Crippen LogP contribution in [-0.2, 0) is 7.05 Å². The van der Waals surface area contributed by atoms with Crippen LogP contribution in [0.15, 0.2) is 36.8 Å². The van der Waals surface area contributed by atoms with E-state index in [2.05, 4.69) is 30.6 Å². The SMILES string of the molecule is C[C@@H]1[C@H](NC(=O)c2ccc3c(c2)OCCO3)CCCN1c1cnc(C(N)=O)c(Nc2cnn(C)c2)n1. The number of nitrogens with one attached hydrogen (secondary N) is 2. The minimum absolute atomic E-state index is 0.0377. The number of benzene rings is 1.